The van der Waals surface area contributed by atoms with Crippen LogP contribution in [-0.4, -0.2) is 0 Å². The summed E-state index contributed by atoms with van der Waals surface area (Å²) < 4.78 is 0. The molecule has 2 rings (SSSR count). The molecule has 0 heterocycles. The first-order valence-corrected chi connectivity index (χ1v) is 7.20. The van der Waals surface area contributed by atoms with Crippen molar-refractivity contribution >= 4 is 38.3 Å². The summed E-state index contributed by atoms with van der Waals surface area (Å²) in [5.74, 6) is 0.675. The molecule has 0 aliphatic rings. The molecular weight excluding hydrogens is 296 g/mol. The first kappa shape index (κ1) is 12.9. The summed E-state index contributed by atoms with van der Waals surface area (Å²) >= 11 is 10.0. The molecule has 1 unspecified atom stereocenters. The second-order valence-electron chi connectivity index (χ2n) is 4.78. The molecule has 0 saturated carbocycles. The van der Waals surface area contributed by atoms with Gasteiger partial charge in [-0.05, 0) is 29.4 Å². The van der Waals surface area contributed by atoms with E-state index in [9.17, 15) is 0 Å². The maximum absolute atomic E-state index is 6.22. The highest BCUT2D eigenvalue weighted by atomic mass is 79.9. The number of rotatable bonds is 3. The number of hydrogen-bond donors (Lipinski definition) is 0. The molecule has 0 aliphatic carbocycles. The standard InChI is InChI=1S/C15H16BrCl/c1-10(2)9-14(16)12-7-8-15(17)13-6-4-3-5-11(12)13/h3-8,10,14H,9H2,1-2H3. The lowest BCUT2D eigenvalue weighted by Gasteiger charge is -2.15. The van der Waals surface area contributed by atoms with Crippen LogP contribution in [0.1, 0.15) is 30.7 Å². The Morgan fingerprint density at radius 2 is 1.71 bits per heavy atom. The predicted octanol–water partition coefficient (Wildman–Crippen LogP) is 5.98. The van der Waals surface area contributed by atoms with Crippen LogP contribution in [0.5, 0.6) is 0 Å². The first-order valence-electron chi connectivity index (χ1n) is 5.91. The first-order chi connectivity index (χ1) is 8.09. The van der Waals surface area contributed by atoms with E-state index in [-0.39, 0.29) is 0 Å². The van der Waals surface area contributed by atoms with Gasteiger partial charge in [0.25, 0.3) is 0 Å². The molecule has 0 aromatic heterocycles. The van der Waals surface area contributed by atoms with Gasteiger partial charge >= 0.3 is 0 Å². The second-order valence-corrected chi connectivity index (χ2v) is 6.29. The average Bonchev–Trinajstić information content (AvgIpc) is 2.29. The van der Waals surface area contributed by atoms with Crippen molar-refractivity contribution in [3.8, 4) is 0 Å². The third-order valence-corrected chi connectivity index (χ3v) is 4.12. The van der Waals surface area contributed by atoms with Crippen LogP contribution in [-0.2, 0) is 0 Å². The van der Waals surface area contributed by atoms with Gasteiger partial charge in [0, 0.05) is 15.2 Å². The monoisotopic (exact) mass is 310 g/mol. The quantitative estimate of drug-likeness (QED) is 0.612. The maximum Gasteiger partial charge on any atom is 0.0484 e. The molecule has 0 spiro atoms. The molecule has 0 N–H and O–H groups in total. The van der Waals surface area contributed by atoms with Gasteiger partial charge in [-0.1, -0.05) is 71.7 Å². The van der Waals surface area contributed by atoms with Crippen LogP contribution < -0.4 is 0 Å². The van der Waals surface area contributed by atoms with Crippen LogP contribution in [0.2, 0.25) is 5.02 Å². The number of halogens is 2. The molecule has 0 nitrogen and oxygen atoms in total. The van der Waals surface area contributed by atoms with E-state index < -0.39 is 0 Å². The lowest BCUT2D eigenvalue weighted by molar-refractivity contribution is 0.585. The minimum atomic E-state index is 0.393. The average molecular weight is 312 g/mol. The van der Waals surface area contributed by atoms with Gasteiger partial charge in [0.05, 0.1) is 0 Å². The zero-order valence-electron chi connectivity index (χ0n) is 10.1. The third kappa shape index (κ3) is 2.83. The Bertz CT molecular complexity index is 519. The molecule has 0 bridgehead atoms. The van der Waals surface area contributed by atoms with Crippen LogP contribution >= 0.6 is 27.5 Å². The summed E-state index contributed by atoms with van der Waals surface area (Å²) in [4.78, 5) is 0.393. The predicted molar refractivity (Wildman–Crippen MR) is 80.1 cm³/mol. The lowest BCUT2D eigenvalue weighted by atomic mass is 9.97. The van der Waals surface area contributed by atoms with Gasteiger partial charge in [0.1, 0.15) is 0 Å². The van der Waals surface area contributed by atoms with Crippen LogP contribution in [0.15, 0.2) is 36.4 Å². The summed E-state index contributed by atoms with van der Waals surface area (Å²) in [6.45, 7) is 4.48. The van der Waals surface area contributed by atoms with Gasteiger partial charge in [-0.25, -0.2) is 0 Å². The number of hydrogen-bond acceptors (Lipinski definition) is 0. The molecule has 0 fully saturated rings. The Balaban J connectivity index is 2.51. The molecule has 1 atom stereocenters. The van der Waals surface area contributed by atoms with Crippen molar-refractivity contribution in [3.63, 3.8) is 0 Å². The van der Waals surface area contributed by atoms with Crippen molar-refractivity contribution in [2.24, 2.45) is 5.92 Å². The van der Waals surface area contributed by atoms with E-state index in [0.717, 1.165) is 16.8 Å². The van der Waals surface area contributed by atoms with E-state index in [4.69, 9.17) is 11.6 Å². The normalized spacial score (nSPS) is 13.2. The molecule has 90 valence electrons. The van der Waals surface area contributed by atoms with Gasteiger partial charge in [0.2, 0.25) is 0 Å². The van der Waals surface area contributed by atoms with Crippen molar-refractivity contribution < 1.29 is 0 Å². The van der Waals surface area contributed by atoms with E-state index in [2.05, 4.69) is 54.0 Å². The van der Waals surface area contributed by atoms with Gasteiger partial charge in [0.15, 0.2) is 0 Å². The third-order valence-electron chi connectivity index (χ3n) is 2.92. The largest absolute Gasteiger partial charge is 0.0838 e. The molecule has 2 aromatic rings. The van der Waals surface area contributed by atoms with Crippen LogP contribution in [0.25, 0.3) is 10.8 Å². The van der Waals surface area contributed by atoms with Gasteiger partial charge in [-0.3, -0.25) is 0 Å². The highest BCUT2D eigenvalue weighted by molar-refractivity contribution is 9.09. The highest BCUT2D eigenvalue weighted by Gasteiger charge is 2.13. The minimum absolute atomic E-state index is 0.393. The van der Waals surface area contributed by atoms with E-state index in [1.807, 2.05) is 12.1 Å². The summed E-state index contributed by atoms with van der Waals surface area (Å²) in [6, 6.07) is 12.4. The van der Waals surface area contributed by atoms with Crippen molar-refractivity contribution in [2.75, 3.05) is 0 Å². The molecule has 0 aliphatic heterocycles. The lowest BCUT2D eigenvalue weighted by Crippen LogP contribution is -1.97. The van der Waals surface area contributed by atoms with Crippen molar-refractivity contribution in [1.29, 1.82) is 0 Å². The van der Waals surface area contributed by atoms with Crippen molar-refractivity contribution in [2.45, 2.75) is 25.1 Å². The van der Waals surface area contributed by atoms with E-state index in [1.54, 1.807) is 0 Å². The van der Waals surface area contributed by atoms with Gasteiger partial charge < -0.3 is 0 Å². The summed E-state index contributed by atoms with van der Waals surface area (Å²) in [6.07, 6.45) is 1.13. The Morgan fingerprint density at radius 1 is 1.06 bits per heavy atom. The van der Waals surface area contributed by atoms with E-state index in [1.165, 1.54) is 10.9 Å². The Hall–Kier alpha value is -0.530. The number of benzene rings is 2. The fraction of sp³-hybridized carbons (Fsp3) is 0.333. The van der Waals surface area contributed by atoms with Crippen LogP contribution in [0.4, 0.5) is 0 Å². The Labute approximate surface area is 116 Å². The summed E-state index contributed by atoms with van der Waals surface area (Å²) in [5, 5.41) is 3.22. The Kier molecular flexibility index (Phi) is 4.11. The second kappa shape index (κ2) is 5.41. The molecule has 2 heteroatoms. The van der Waals surface area contributed by atoms with Crippen molar-refractivity contribution in [1.82, 2.24) is 0 Å². The highest BCUT2D eigenvalue weighted by Crippen LogP contribution is 2.36. The fourth-order valence-corrected chi connectivity index (χ4v) is 3.47. The van der Waals surface area contributed by atoms with E-state index >= 15 is 0 Å². The molecule has 17 heavy (non-hydrogen) atoms. The number of alkyl halides is 1. The zero-order chi connectivity index (χ0) is 12.4. The molecule has 0 saturated heterocycles. The topological polar surface area (TPSA) is 0 Å². The minimum Gasteiger partial charge on any atom is -0.0838 e. The van der Waals surface area contributed by atoms with Crippen LogP contribution in [0.3, 0.4) is 0 Å². The van der Waals surface area contributed by atoms with Gasteiger partial charge in [-0.15, -0.1) is 0 Å². The molecule has 0 radical (unpaired) electrons. The van der Waals surface area contributed by atoms with Gasteiger partial charge in [-0.2, -0.15) is 0 Å². The maximum atomic E-state index is 6.22. The Morgan fingerprint density at radius 3 is 2.35 bits per heavy atom. The van der Waals surface area contributed by atoms with Crippen LogP contribution in [0, 0.1) is 5.92 Å². The smallest absolute Gasteiger partial charge is 0.0484 e. The molecular formula is C15H16BrCl. The molecule has 2 aromatic carbocycles. The van der Waals surface area contributed by atoms with E-state index in [0.29, 0.717) is 10.7 Å². The van der Waals surface area contributed by atoms with Crippen molar-refractivity contribution in [3.05, 3.63) is 47.0 Å². The fourth-order valence-electron chi connectivity index (χ4n) is 2.10. The summed E-state index contributed by atoms with van der Waals surface area (Å²) in [5.41, 5.74) is 1.33. The number of fused-ring (bicyclic) bond motifs is 1. The molecule has 0 amide bonds. The SMILES string of the molecule is CC(C)CC(Br)c1ccc(Cl)c2ccccc12. The summed E-state index contributed by atoms with van der Waals surface area (Å²) in [7, 11) is 0. The zero-order valence-corrected chi connectivity index (χ0v) is 12.4.